The molecule has 0 amide bonds. The van der Waals surface area contributed by atoms with E-state index in [4.69, 9.17) is 4.74 Å². The summed E-state index contributed by atoms with van der Waals surface area (Å²) in [7, 11) is 0.657. The van der Waals surface area contributed by atoms with Crippen LogP contribution in [0.4, 0.5) is 0 Å². The van der Waals surface area contributed by atoms with Crippen LogP contribution in [0.5, 0.6) is 5.75 Å². The van der Waals surface area contributed by atoms with E-state index >= 15 is 0 Å². The van der Waals surface area contributed by atoms with Crippen molar-refractivity contribution in [3.63, 3.8) is 0 Å². The van der Waals surface area contributed by atoms with Crippen molar-refractivity contribution in [3.05, 3.63) is 29.8 Å². The van der Waals surface area contributed by atoms with Gasteiger partial charge in [-0.1, -0.05) is 12.1 Å². The van der Waals surface area contributed by atoms with Gasteiger partial charge < -0.3 is 10.1 Å². The molecule has 0 aromatic heterocycles. The van der Waals surface area contributed by atoms with Crippen molar-refractivity contribution < 1.29 is 13.2 Å². The molecule has 1 fully saturated rings. The standard InChI is InChI=1S/C13H19NO3S/c1-14-13(11-6-7-18(15,16)9-11)10-4-3-5-12(8-10)17-2/h3-5,8,11,13-14H,6-7,9H2,1-2H3. The van der Waals surface area contributed by atoms with Crippen LogP contribution in [0, 0.1) is 5.92 Å². The largest absolute Gasteiger partial charge is 0.497 e. The molecule has 1 saturated heterocycles. The number of rotatable bonds is 4. The minimum absolute atomic E-state index is 0.0670. The average Bonchev–Trinajstić information content (AvgIpc) is 2.71. The Morgan fingerprint density at radius 2 is 2.22 bits per heavy atom. The molecule has 18 heavy (non-hydrogen) atoms. The molecular formula is C13H19NO3S. The molecule has 1 aromatic carbocycles. The normalized spacial score (nSPS) is 23.8. The first-order valence-corrected chi connectivity index (χ1v) is 7.89. The molecular weight excluding hydrogens is 250 g/mol. The van der Waals surface area contributed by atoms with Crippen LogP contribution in [0.2, 0.25) is 0 Å². The first-order chi connectivity index (χ1) is 8.55. The maximum Gasteiger partial charge on any atom is 0.150 e. The van der Waals surface area contributed by atoms with Crippen LogP contribution in [0.1, 0.15) is 18.0 Å². The third-order valence-electron chi connectivity index (χ3n) is 3.50. The predicted molar refractivity (Wildman–Crippen MR) is 71.6 cm³/mol. The van der Waals surface area contributed by atoms with Crippen LogP contribution < -0.4 is 10.1 Å². The van der Waals surface area contributed by atoms with Crippen molar-refractivity contribution in [2.45, 2.75) is 12.5 Å². The second kappa shape index (κ2) is 5.28. The van der Waals surface area contributed by atoms with E-state index in [1.165, 1.54) is 0 Å². The maximum atomic E-state index is 11.6. The molecule has 0 spiro atoms. The monoisotopic (exact) mass is 269 g/mol. The van der Waals surface area contributed by atoms with E-state index in [0.717, 1.165) is 17.7 Å². The second-order valence-electron chi connectivity index (χ2n) is 4.71. The van der Waals surface area contributed by atoms with Crippen LogP contribution in [-0.4, -0.2) is 34.1 Å². The Morgan fingerprint density at radius 1 is 1.44 bits per heavy atom. The van der Waals surface area contributed by atoms with E-state index in [1.807, 2.05) is 31.3 Å². The van der Waals surface area contributed by atoms with Crippen LogP contribution >= 0.6 is 0 Å². The Bertz CT molecular complexity index is 513. The van der Waals surface area contributed by atoms with Gasteiger partial charge in [-0.2, -0.15) is 0 Å². The highest BCUT2D eigenvalue weighted by Gasteiger charge is 2.33. The third kappa shape index (κ3) is 2.84. The van der Waals surface area contributed by atoms with Gasteiger partial charge in [0.25, 0.3) is 0 Å². The molecule has 0 saturated carbocycles. The quantitative estimate of drug-likeness (QED) is 0.897. The number of hydrogen-bond acceptors (Lipinski definition) is 4. The van der Waals surface area contributed by atoms with E-state index in [-0.39, 0.29) is 17.7 Å². The van der Waals surface area contributed by atoms with E-state index in [0.29, 0.717) is 5.75 Å². The van der Waals surface area contributed by atoms with Crippen LogP contribution in [0.15, 0.2) is 24.3 Å². The lowest BCUT2D eigenvalue weighted by Crippen LogP contribution is -2.26. The fraction of sp³-hybridized carbons (Fsp3) is 0.538. The summed E-state index contributed by atoms with van der Waals surface area (Å²) in [6, 6.07) is 7.86. The first-order valence-electron chi connectivity index (χ1n) is 6.07. The van der Waals surface area contributed by atoms with Gasteiger partial charge in [0.15, 0.2) is 9.84 Å². The Labute approximate surface area is 108 Å². The molecule has 1 N–H and O–H groups in total. The van der Waals surface area contributed by atoms with Crippen molar-refractivity contribution in [1.82, 2.24) is 5.32 Å². The molecule has 5 heteroatoms. The Kier molecular flexibility index (Phi) is 3.92. The highest BCUT2D eigenvalue weighted by molar-refractivity contribution is 7.91. The summed E-state index contributed by atoms with van der Waals surface area (Å²) in [4.78, 5) is 0. The summed E-state index contributed by atoms with van der Waals surface area (Å²) < 4.78 is 28.3. The van der Waals surface area contributed by atoms with Crippen molar-refractivity contribution in [2.24, 2.45) is 5.92 Å². The van der Waals surface area contributed by atoms with Crippen molar-refractivity contribution in [1.29, 1.82) is 0 Å². The van der Waals surface area contributed by atoms with Gasteiger partial charge in [-0.05, 0) is 37.1 Å². The average molecular weight is 269 g/mol. The number of methoxy groups -OCH3 is 1. The van der Waals surface area contributed by atoms with Crippen LogP contribution in [0.3, 0.4) is 0 Å². The maximum absolute atomic E-state index is 11.6. The van der Waals surface area contributed by atoms with E-state index in [2.05, 4.69) is 5.32 Å². The SMILES string of the molecule is CNC(c1cccc(OC)c1)C1CCS(=O)(=O)C1. The minimum atomic E-state index is -2.85. The number of ether oxygens (including phenoxy) is 1. The summed E-state index contributed by atoms with van der Waals surface area (Å²) in [5.41, 5.74) is 1.08. The van der Waals surface area contributed by atoms with Gasteiger partial charge >= 0.3 is 0 Å². The topological polar surface area (TPSA) is 55.4 Å². The highest BCUT2D eigenvalue weighted by atomic mass is 32.2. The van der Waals surface area contributed by atoms with Gasteiger partial charge in [-0.25, -0.2) is 8.42 Å². The lowest BCUT2D eigenvalue weighted by molar-refractivity contribution is 0.402. The van der Waals surface area contributed by atoms with E-state index in [1.54, 1.807) is 7.11 Å². The van der Waals surface area contributed by atoms with Crippen molar-refractivity contribution >= 4 is 9.84 Å². The molecule has 1 heterocycles. The lowest BCUT2D eigenvalue weighted by atomic mass is 9.92. The van der Waals surface area contributed by atoms with Gasteiger partial charge in [0, 0.05) is 6.04 Å². The molecule has 2 atom stereocenters. The Hall–Kier alpha value is -1.07. The van der Waals surface area contributed by atoms with Gasteiger partial charge in [0.05, 0.1) is 18.6 Å². The first kappa shape index (κ1) is 13.4. The fourth-order valence-corrected chi connectivity index (χ4v) is 4.44. The van der Waals surface area contributed by atoms with Crippen molar-refractivity contribution in [3.8, 4) is 5.75 Å². The smallest absolute Gasteiger partial charge is 0.150 e. The molecule has 1 aromatic rings. The zero-order chi connectivity index (χ0) is 13.2. The molecule has 1 aliphatic rings. The predicted octanol–water partition coefficient (Wildman–Crippen LogP) is 1.39. The summed E-state index contributed by atoms with van der Waals surface area (Å²) in [5, 5.41) is 3.23. The van der Waals surface area contributed by atoms with Crippen molar-refractivity contribution in [2.75, 3.05) is 25.7 Å². The van der Waals surface area contributed by atoms with Crippen LogP contribution in [-0.2, 0) is 9.84 Å². The van der Waals surface area contributed by atoms with Gasteiger partial charge in [0.2, 0.25) is 0 Å². The minimum Gasteiger partial charge on any atom is -0.497 e. The second-order valence-corrected chi connectivity index (χ2v) is 6.93. The number of sulfone groups is 1. The number of nitrogens with one attached hydrogen (secondary N) is 1. The number of benzene rings is 1. The molecule has 0 aliphatic carbocycles. The zero-order valence-electron chi connectivity index (χ0n) is 10.7. The molecule has 4 nitrogen and oxygen atoms in total. The van der Waals surface area contributed by atoms with Gasteiger partial charge in [0.1, 0.15) is 5.75 Å². The zero-order valence-corrected chi connectivity index (χ0v) is 11.5. The fourth-order valence-electron chi connectivity index (χ4n) is 2.60. The molecule has 1 aliphatic heterocycles. The van der Waals surface area contributed by atoms with E-state index in [9.17, 15) is 8.42 Å². The summed E-state index contributed by atoms with van der Waals surface area (Å²) in [6.07, 6.45) is 0.727. The molecule has 0 radical (unpaired) electrons. The number of hydrogen-bond donors (Lipinski definition) is 1. The Morgan fingerprint density at radius 3 is 2.78 bits per heavy atom. The molecule has 2 unspecified atom stereocenters. The van der Waals surface area contributed by atoms with E-state index < -0.39 is 9.84 Å². The third-order valence-corrected chi connectivity index (χ3v) is 5.30. The summed E-state index contributed by atoms with van der Waals surface area (Å²) in [5.74, 6) is 1.52. The Balaban J connectivity index is 2.23. The highest BCUT2D eigenvalue weighted by Crippen LogP contribution is 2.32. The lowest BCUT2D eigenvalue weighted by Gasteiger charge is -2.22. The van der Waals surface area contributed by atoms with Crippen LogP contribution in [0.25, 0.3) is 0 Å². The molecule has 2 rings (SSSR count). The summed E-state index contributed by atoms with van der Waals surface area (Å²) >= 11 is 0. The molecule has 0 bridgehead atoms. The van der Waals surface area contributed by atoms with Gasteiger partial charge in [-0.15, -0.1) is 0 Å². The van der Waals surface area contributed by atoms with Gasteiger partial charge in [-0.3, -0.25) is 0 Å². The summed E-state index contributed by atoms with van der Waals surface area (Å²) in [6.45, 7) is 0. The molecule has 100 valence electrons.